The number of halogens is 1. The number of rotatable bonds is 7. The van der Waals surface area contributed by atoms with Crippen LogP contribution >= 0.6 is 15.9 Å². The van der Waals surface area contributed by atoms with Crippen molar-refractivity contribution in [1.29, 1.82) is 0 Å². The van der Waals surface area contributed by atoms with E-state index in [1.807, 2.05) is 24.3 Å². The van der Waals surface area contributed by atoms with Crippen molar-refractivity contribution in [2.75, 3.05) is 18.1 Å². The molecule has 1 unspecified atom stereocenters. The van der Waals surface area contributed by atoms with Gasteiger partial charge in [0, 0.05) is 22.2 Å². The van der Waals surface area contributed by atoms with Crippen LogP contribution in [0, 0.1) is 6.92 Å². The minimum atomic E-state index is -0.295. The molecule has 1 heterocycles. The van der Waals surface area contributed by atoms with Gasteiger partial charge in [0.05, 0.1) is 6.21 Å². The lowest BCUT2D eigenvalue weighted by molar-refractivity contribution is -0.123. The van der Waals surface area contributed by atoms with Crippen LogP contribution in [0.4, 0.5) is 5.69 Å². The molecule has 1 aliphatic heterocycles. The van der Waals surface area contributed by atoms with Crippen LogP contribution in [-0.4, -0.2) is 30.8 Å². The first-order chi connectivity index (χ1) is 14.7. The van der Waals surface area contributed by atoms with Crippen LogP contribution in [0.1, 0.15) is 63.1 Å². The van der Waals surface area contributed by atoms with E-state index >= 15 is 0 Å². The maximum absolute atomic E-state index is 12.1. The van der Waals surface area contributed by atoms with E-state index in [0.717, 1.165) is 35.0 Å². The number of ether oxygens (including phenoxy) is 1. The molecule has 0 fully saturated rings. The second-order valence-electron chi connectivity index (χ2n) is 8.88. The fourth-order valence-corrected chi connectivity index (χ4v) is 4.73. The molecule has 1 N–H and O–H groups in total. The summed E-state index contributed by atoms with van der Waals surface area (Å²) in [5.41, 5.74) is 7.55. The summed E-state index contributed by atoms with van der Waals surface area (Å²) in [4.78, 5) is 14.6. The van der Waals surface area contributed by atoms with Crippen LogP contribution < -0.4 is 15.1 Å². The minimum absolute atomic E-state index is 0.0882. The number of aryl methyl sites for hydroxylation is 1. The van der Waals surface area contributed by atoms with Crippen molar-refractivity contribution in [3.05, 3.63) is 57.6 Å². The Bertz CT molecular complexity index is 971. The predicted octanol–water partition coefficient (Wildman–Crippen LogP) is 5.79. The summed E-state index contributed by atoms with van der Waals surface area (Å²) in [5.74, 6) is 0.808. The van der Waals surface area contributed by atoms with Gasteiger partial charge in [0.15, 0.2) is 6.61 Å². The van der Waals surface area contributed by atoms with Gasteiger partial charge in [0.25, 0.3) is 5.91 Å². The third kappa shape index (κ3) is 5.67. The van der Waals surface area contributed by atoms with Crippen molar-refractivity contribution in [3.8, 4) is 5.75 Å². The van der Waals surface area contributed by atoms with Crippen LogP contribution in [0.3, 0.4) is 0 Å². The van der Waals surface area contributed by atoms with E-state index in [0.29, 0.717) is 11.7 Å². The molecule has 6 heteroatoms. The van der Waals surface area contributed by atoms with Crippen LogP contribution in [0.15, 0.2) is 46.0 Å². The Kier molecular flexibility index (Phi) is 7.42. The molecule has 1 atom stereocenters. The molecular formula is C25H32BrN3O2. The Morgan fingerprint density at radius 3 is 2.84 bits per heavy atom. The predicted molar refractivity (Wildman–Crippen MR) is 131 cm³/mol. The monoisotopic (exact) mass is 485 g/mol. The largest absolute Gasteiger partial charge is 0.484 e. The highest BCUT2D eigenvalue weighted by Gasteiger charge is 2.36. The summed E-state index contributed by atoms with van der Waals surface area (Å²) in [6, 6.07) is 11.9. The molecule has 0 spiro atoms. The van der Waals surface area contributed by atoms with E-state index in [1.54, 1.807) is 6.21 Å². The first-order valence-corrected chi connectivity index (χ1v) is 11.6. The third-order valence-corrected chi connectivity index (χ3v) is 6.27. The lowest BCUT2D eigenvalue weighted by Crippen LogP contribution is -2.48. The Morgan fingerprint density at radius 2 is 2.13 bits per heavy atom. The molecule has 0 bridgehead atoms. The second kappa shape index (κ2) is 9.86. The highest BCUT2D eigenvalue weighted by atomic mass is 79.9. The maximum atomic E-state index is 12.1. The molecular weight excluding hydrogens is 454 g/mol. The van der Waals surface area contributed by atoms with E-state index in [-0.39, 0.29) is 18.1 Å². The number of hydrogen-bond donors (Lipinski definition) is 1. The number of carbonyl (C=O) groups is 1. The summed E-state index contributed by atoms with van der Waals surface area (Å²) in [7, 11) is 0. The standard InChI is InChI=1S/C25H32BrN3O2/c1-6-10-29-23-11-17(2)19(12-22(23)18(3)14-25(29,4)5)15-27-28-24(30)16-31-21-9-7-8-20(26)13-21/h7-9,11-13,15,18H,6,10,14,16H2,1-5H3,(H,28,30)/b27-15+. The van der Waals surface area contributed by atoms with E-state index in [2.05, 4.69) is 78.1 Å². The summed E-state index contributed by atoms with van der Waals surface area (Å²) < 4.78 is 6.40. The zero-order valence-electron chi connectivity index (χ0n) is 19.0. The van der Waals surface area contributed by atoms with Crippen molar-refractivity contribution in [2.45, 2.75) is 58.9 Å². The summed E-state index contributed by atoms with van der Waals surface area (Å²) >= 11 is 3.39. The third-order valence-electron chi connectivity index (χ3n) is 5.78. The van der Waals surface area contributed by atoms with Crippen molar-refractivity contribution >= 4 is 33.7 Å². The van der Waals surface area contributed by atoms with E-state index in [4.69, 9.17) is 4.74 Å². The first kappa shape index (κ1) is 23.3. The quantitative estimate of drug-likeness (QED) is 0.398. The number of hydrogen-bond acceptors (Lipinski definition) is 4. The average Bonchev–Trinajstić information content (AvgIpc) is 2.70. The summed E-state index contributed by atoms with van der Waals surface area (Å²) in [6.07, 6.45) is 3.96. The molecule has 1 aliphatic rings. The van der Waals surface area contributed by atoms with Gasteiger partial charge < -0.3 is 9.64 Å². The Hall–Kier alpha value is -2.34. The van der Waals surface area contributed by atoms with Gasteiger partial charge in [0.1, 0.15) is 5.75 Å². The SMILES string of the molecule is CCCN1c2cc(C)c(/C=N/NC(=O)COc3cccc(Br)c3)cc2C(C)CC1(C)C. The number of carbonyl (C=O) groups excluding carboxylic acids is 1. The van der Waals surface area contributed by atoms with E-state index in [9.17, 15) is 4.79 Å². The molecule has 0 saturated carbocycles. The van der Waals surface area contributed by atoms with Crippen LogP contribution in [-0.2, 0) is 4.79 Å². The van der Waals surface area contributed by atoms with Gasteiger partial charge in [-0.3, -0.25) is 4.79 Å². The molecule has 166 valence electrons. The number of anilines is 1. The number of amides is 1. The smallest absolute Gasteiger partial charge is 0.277 e. The normalized spacial score (nSPS) is 17.5. The number of fused-ring (bicyclic) bond motifs is 1. The molecule has 5 nitrogen and oxygen atoms in total. The Morgan fingerprint density at radius 1 is 1.35 bits per heavy atom. The minimum Gasteiger partial charge on any atom is -0.484 e. The summed E-state index contributed by atoms with van der Waals surface area (Å²) in [6.45, 7) is 12.2. The van der Waals surface area contributed by atoms with Crippen LogP contribution in [0.2, 0.25) is 0 Å². The highest BCUT2D eigenvalue weighted by molar-refractivity contribution is 9.10. The van der Waals surface area contributed by atoms with Crippen LogP contribution in [0.25, 0.3) is 0 Å². The van der Waals surface area contributed by atoms with Gasteiger partial charge in [-0.1, -0.05) is 35.8 Å². The van der Waals surface area contributed by atoms with Gasteiger partial charge >= 0.3 is 0 Å². The Labute approximate surface area is 194 Å². The molecule has 0 aliphatic carbocycles. The number of benzene rings is 2. The van der Waals surface area contributed by atoms with Crippen LogP contribution in [0.5, 0.6) is 5.75 Å². The topological polar surface area (TPSA) is 53.9 Å². The molecule has 1 amide bonds. The lowest BCUT2D eigenvalue weighted by atomic mass is 9.79. The maximum Gasteiger partial charge on any atom is 0.277 e. The lowest BCUT2D eigenvalue weighted by Gasteiger charge is -2.48. The Balaban J connectivity index is 1.69. The molecule has 0 radical (unpaired) electrons. The molecule has 2 aromatic carbocycles. The molecule has 0 aromatic heterocycles. The van der Waals surface area contributed by atoms with Crippen molar-refractivity contribution in [1.82, 2.24) is 5.43 Å². The second-order valence-corrected chi connectivity index (χ2v) is 9.79. The van der Waals surface area contributed by atoms with Crippen molar-refractivity contribution in [3.63, 3.8) is 0 Å². The summed E-state index contributed by atoms with van der Waals surface area (Å²) in [5, 5.41) is 4.16. The number of hydrazone groups is 1. The average molecular weight is 486 g/mol. The van der Waals surface area contributed by atoms with Crippen molar-refractivity contribution in [2.24, 2.45) is 5.10 Å². The molecule has 2 aromatic rings. The van der Waals surface area contributed by atoms with E-state index < -0.39 is 0 Å². The van der Waals surface area contributed by atoms with Gasteiger partial charge in [-0.15, -0.1) is 0 Å². The number of nitrogens with zero attached hydrogens (tertiary/aromatic N) is 2. The highest BCUT2D eigenvalue weighted by Crippen LogP contribution is 2.44. The van der Waals surface area contributed by atoms with E-state index in [1.165, 1.54) is 11.3 Å². The number of nitrogens with one attached hydrogen (secondary N) is 1. The van der Waals surface area contributed by atoms with Gasteiger partial charge in [-0.2, -0.15) is 5.10 Å². The fourth-order valence-electron chi connectivity index (χ4n) is 4.35. The van der Waals surface area contributed by atoms with Gasteiger partial charge in [-0.25, -0.2) is 5.43 Å². The zero-order chi connectivity index (χ0) is 22.6. The molecule has 3 rings (SSSR count). The molecule has 0 saturated heterocycles. The van der Waals surface area contributed by atoms with Gasteiger partial charge in [0.2, 0.25) is 0 Å². The van der Waals surface area contributed by atoms with Crippen molar-refractivity contribution < 1.29 is 9.53 Å². The fraction of sp³-hybridized carbons (Fsp3) is 0.440. The van der Waals surface area contributed by atoms with Gasteiger partial charge in [-0.05, 0) is 86.6 Å². The first-order valence-electron chi connectivity index (χ1n) is 10.8. The molecule has 31 heavy (non-hydrogen) atoms. The zero-order valence-corrected chi connectivity index (χ0v) is 20.6.